The first kappa shape index (κ1) is 23.1. The van der Waals surface area contributed by atoms with Gasteiger partial charge in [-0.05, 0) is 43.2 Å². The van der Waals surface area contributed by atoms with Crippen molar-refractivity contribution in [3.63, 3.8) is 0 Å². The number of hydrogen-bond donors (Lipinski definition) is 1. The molecule has 0 saturated carbocycles. The van der Waals surface area contributed by atoms with E-state index in [1.807, 2.05) is 0 Å². The lowest BCUT2D eigenvalue weighted by Crippen LogP contribution is -2.43. The predicted molar refractivity (Wildman–Crippen MR) is 113 cm³/mol. The highest BCUT2D eigenvalue weighted by molar-refractivity contribution is 7.89. The van der Waals surface area contributed by atoms with Gasteiger partial charge in [0.1, 0.15) is 0 Å². The van der Waals surface area contributed by atoms with E-state index in [0.29, 0.717) is 18.4 Å². The smallest absolute Gasteiger partial charge is 0.408 e. The van der Waals surface area contributed by atoms with Crippen molar-refractivity contribution in [1.82, 2.24) is 8.87 Å². The summed E-state index contributed by atoms with van der Waals surface area (Å²) in [5.41, 5.74) is -0.342. The van der Waals surface area contributed by atoms with Crippen LogP contribution in [0.3, 0.4) is 0 Å². The average molecular weight is 483 g/mol. The van der Waals surface area contributed by atoms with E-state index < -0.39 is 39.3 Å². The van der Waals surface area contributed by atoms with Gasteiger partial charge in [-0.1, -0.05) is 6.07 Å². The van der Waals surface area contributed by atoms with Crippen LogP contribution in [0.25, 0.3) is 11.1 Å². The number of carbonyl (C=O) groups excluding carboxylic acids is 1. The average Bonchev–Trinajstić information content (AvgIpc) is 3.06. The minimum atomic E-state index is -4.55. The quantitative estimate of drug-likeness (QED) is 0.614. The number of amides is 1. The van der Waals surface area contributed by atoms with Crippen molar-refractivity contribution >= 4 is 32.7 Å². The van der Waals surface area contributed by atoms with Gasteiger partial charge in [-0.15, -0.1) is 0 Å². The summed E-state index contributed by atoms with van der Waals surface area (Å²) in [6, 6.07) is 8.35. The molecule has 0 radical (unpaired) electrons. The van der Waals surface area contributed by atoms with Gasteiger partial charge >= 0.3 is 11.9 Å². The zero-order valence-corrected chi connectivity index (χ0v) is 18.2. The summed E-state index contributed by atoms with van der Waals surface area (Å²) < 4.78 is 72.5. The number of nitrogens with zero attached hydrogens (tertiary/aromatic N) is 2. The largest absolute Gasteiger partial charge is 0.419 e. The summed E-state index contributed by atoms with van der Waals surface area (Å²) >= 11 is 0. The Morgan fingerprint density at radius 1 is 1.18 bits per heavy atom. The molecule has 0 spiro atoms. The Morgan fingerprint density at radius 3 is 2.67 bits per heavy atom. The van der Waals surface area contributed by atoms with Crippen molar-refractivity contribution in [3.05, 3.63) is 58.6 Å². The third kappa shape index (κ3) is 4.53. The Hall–Kier alpha value is -3.12. The molecule has 1 saturated heterocycles. The van der Waals surface area contributed by atoms with Gasteiger partial charge in [0.15, 0.2) is 5.58 Å². The van der Waals surface area contributed by atoms with Crippen molar-refractivity contribution in [1.29, 1.82) is 0 Å². The van der Waals surface area contributed by atoms with Gasteiger partial charge < -0.3 is 9.73 Å². The SMILES string of the molecule is Cn1c(=O)oc2cc(S(=O)(=O)N3CCC[C@H](C(=O)Nc4cccc(C(F)(F)F)c4)C3)ccc21. The number of benzene rings is 2. The molecule has 0 bridgehead atoms. The van der Waals surface area contributed by atoms with Crippen LogP contribution in [0.5, 0.6) is 0 Å². The fraction of sp³-hybridized carbons (Fsp3) is 0.333. The normalized spacial score (nSPS) is 17.9. The van der Waals surface area contributed by atoms with Crippen molar-refractivity contribution in [2.45, 2.75) is 23.9 Å². The van der Waals surface area contributed by atoms with Crippen molar-refractivity contribution in [2.75, 3.05) is 18.4 Å². The standard InChI is InChI=1S/C21H20F3N3O5S/c1-26-17-8-7-16(11-18(17)32-20(26)29)33(30,31)27-9-3-4-13(12-27)19(28)25-15-6-2-5-14(10-15)21(22,23)24/h2,5-8,10-11,13H,3-4,9,12H2,1H3,(H,25,28)/t13-/m0/s1. The Balaban J connectivity index is 1.52. The molecule has 176 valence electrons. The zero-order valence-electron chi connectivity index (χ0n) is 17.4. The van der Waals surface area contributed by atoms with Crippen LogP contribution in [0.1, 0.15) is 18.4 Å². The predicted octanol–water partition coefficient (Wildman–Crippen LogP) is 3.19. The lowest BCUT2D eigenvalue weighted by molar-refractivity contribution is -0.137. The van der Waals surface area contributed by atoms with Crippen LogP contribution in [0, 0.1) is 5.92 Å². The fourth-order valence-corrected chi connectivity index (χ4v) is 5.36. The minimum absolute atomic E-state index is 0.0145. The lowest BCUT2D eigenvalue weighted by Gasteiger charge is -2.31. The monoisotopic (exact) mass is 483 g/mol. The minimum Gasteiger partial charge on any atom is -0.408 e. The molecule has 1 aromatic heterocycles. The van der Waals surface area contributed by atoms with E-state index in [4.69, 9.17) is 4.42 Å². The van der Waals surface area contributed by atoms with Gasteiger partial charge in [0.2, 0.25) is 15.9 Å². The molecule has 3 aromatic rings. The maximum absolute atomic E-state index is 13.1. The summed E-state index contributed by atoms with van der Waals surface area (Å²) in [6.07, 6.45) is -3.75. The van der Waals surface area contributed by atoms with E-state index >= 15 is 0 Å². The molecule has 1 atom stereocenters. The van der Waals surface area contributed by atoms with E-state index in [0.717, 1.165) is 16.4 Å². The van der Waals surface area contributed by atoms with Crippen molar-refractivity contribution in [3.8, 4) is 0 Å². The Labute approximate surface area is 186 Å². The number of carbonyl (C=O) groups is 1. The fourth-order valence-electron chi connectivity index (χ4n) is 3.82. The highest BCUT2D eigenvalue weighted by atomic mass is 32.2. The van der Waals surface area contributed by atoms with Crippen molar-refractivity contribution in [2.24, 2.45) is 13.0 Å². The van der Waals surface area contributed by atoms with E-state index in [-0.39, 0.29) is 29.3 Å². The maximum Gasteiger partial charge on any atom is 0.419 e. The number of rotatable bonds is 4. The van der Waals surface area contributed by atoms with Crippen LogP contribution in [-0.2, 0) is 28.0 Å². The zero-order chi connectivity index (χ0) is 24.0. The molecule has 0 unspecified atom stereocenters. The molecule has 2 aromatic carbocycles. The van der Waals surface area contributed by atoms with Crippen LogP contribution in [0.2, 0.25) is 0 Å². The second kappa shape index (κ2) is 8.34. The van der Waals surface area contributed by atoms with Crippen LogP contribution in [0.4, 0.5) is 18.9 Å². The van der Waals surface area contributed by atoms with E-state index in [1.165, 1.54) is 41.9 Å². The number of hydrogen-bond acceptors (Lipinski definition) is 5. The van der Waals surface area contributed by atoms with Gasteiger partial charge in [-0.3, -0.25) is 9.36 Å². The summed E-state index contributed by atoms with van der Waals surface area (Å²) in [5, 5.41) is 2.46. The molecular weight excluding hydrogens is 463 g/mol. The molecule has 8 nitrogen and oxygen atoms in total. The summed E-state index contributed by atoms with van der Waals surface area (Å²) in [6.45, 7) is 0.0658. The van der Waals surface area contributed by atoms with E-state index in [9.17, 15) is 31.2 Å². The molecule has 1 N–H and O–H groups in total. The molecule has 1 fully saturated rings. The molecular formula is C21H20F3N3O5S. The second-order valence-electron chi connectivity index (χ2n) is 7.83. The molecule has 12 heteroatoms. The number of oxazole rings is 1. The maximum atomic E-state index is 13.1. The first-order valence-corrected chi connectivity index (χ1v) is 11.5. The highest BCUT2D eigenvalue weighted by Gasteiger charge is 2.34. The molecule has 1 aliphatic rings. The first-order chi connectivity index (χ1) is 15.5. The topological polar surface area (TPSA) is 102 Å². The molecule has 33 heavy (non-hydrogen) atoms. The van der Waals surface area contributed by atoms with Gasteiger partial charge in [0, 0.05) is 31.9 Å². The number of piperidine rings is 1. The molecule has 2 heterocycles. The summed E-state index contributed by atoms with van der Waals surface area (Å²) in [5.74, 6) is -1.91. The number of halogens is 3. The van der Waals surface area contributed by atoms with Crippen LogP contribution in [0.15, 0.2) is 56.6 Å². The molecule has 4 rings (SSSR count). The van der Waals surface area contributed by atoms with Gasteiger partial charge in [-0.25, -0.2) is 13.2 Å². The van der Waals surface area contributed by atoms with E-state index in [1.54, 1.807) is 0 Å². The third-order valence-corrected chi connectivity index (χ3v) is 7.48. The summed E-state index contributed by atoms with van der Waals surface area (Å²) in [7, 11) is -2.49. The number of sulfonamides is 1. The third-order valence-electron chi connectivity index (χ3n) is 5.61. The molecule has 0 aliphatic carbocycles. The number of aromatic nitrogens is 1. The first-order valence-electron chi connectivity index (χ1n) is 10.0. The number of fused-ring (bicyclic) bond motifs is 1. The Bertz CT molecular complexity index is 1380. The van der Waals surface area contributed by atoms with Crippen molar-refractivity contribution < 1.29 is 30.8 Å². The molecule has 1 amide bonds. The Kier molecular flexibility index (Phi) is 5.83. The number of aryl methyl sites for hydroxylation is 1. The number of alkyl halides is 3. The van der Waals surface area contributed by atoms with Crippen LogP contribution < -0.4 is 11.1 Å². The lowest BCUT2D eigenvalue weighted by atomic mass is 9.98. The van der Waals surface area contributed by atoms with Gasteiger partial charge in [0.05, 0.1) is 21.9 Å². The van der Waals surface area contributed by atoms with Gasteiger partial charge in [-0.2, -0.15) is 17.5 Å². The van der Waals surface area contributed by atoms with E-state index in [2.05, 4.69) is 5.32 Å². The van der Waals surface area contributed by atoms with Crippen LogP contribution in [-0.4, -0.2) is 36.3 Å². The number of nitrogens with one attached hydrogen (secondary N) is 1. The van der Waals surface area contributed by atoms with Crippen LogP contribution >= 0.6 is 0 Å². The second-order valence-corrected chi connectivity index (χ2v) is 9.76. The number of anilines is 1. The molecule has 1 aliphatic heterocycles. The highest BCUT2D eigenvalue weighted by Crippen LogP contribution is 2.31. The van der Waals surface area contributed by atoms with Gasteiger partial charge in [0.25, 0.3) is 0 Å². The summed E-state index contributed by atoms with van der Waals surface area (Å²) in [4.78, 5) is 24.3. The Morgan fingerprint density at radius 2 is 1.94 bits per heavy atom.